The van der Waals surface area contributed by atoms with Crippen molar-refractivity contribution in [3.05, 3.63) is 78.2 Å². The van der Waals surface area contributed by atoms with Crippen molar-refractivity contribution in [2.24, 2.45) is 0 Å². The Labute approximate surface area is 180 Å². The Morgan fingerprint density at radius 2 is 1.80 bits per heavy atom. The number of nitrogens with zero attached hydrogens (tertiary/aromatic N) is 5. The zero-order valence-electron chi connectivity index (χ0n) is 16.9. The van der Waals surface area contributed by atoms with Gasteiger partial charge in [0.15, 0.2) is 0 Å². The monoisotopic (exact) mass is 419 g/mol. The number of anilines is 1. The quantitative estimate of drug-likeness (QED) is 0.286. The molecule has 0 spiro atoms. The molecule has 0 fully saturated rings. The van der Waals surface area contributed by atoms with Gasteiger partial charge >= 0.3 is 0 Å². The number of halogens is 1. The van der Waals surface area contributed by atoms with E-state index in [1.165, 1.54) is 6.33 Å². The molecule has 0 bridgehead atoms. The summed E-state index contributed by atoms with van der Waals surface area (Å²) in [5.74, 6) is 2.83. The van der Waals surface area contributed by atoms with Crippen LogP contribution in [0, 0.1) is 0 Å². The Bertz CT molecular complexity index is 1170. The predicted molar refractivity (Wildman–Crippen MR) is 120 cm³/mol. The van der Waals surface area contributed by atoms with E-state index in [9.17, 15) is 0 Å². The van der Waals surface area contributed by atoms with Crippen molar-refractivity contribution in [1.29, 1.82) is 0 Å². The van der Waals surface area contributed by atoms with Crippen LogP contribution in [0.1, 0.15) is 13.8 Å². The summed E-state index contributed by atoms with van der Waals surface area (Å²) in [6.45, 7) is 9.57. The molecule has 0 radical (unpaired) electrons. The van der Waals surface area contributed by atoms with Gasteiger partial charge in [-0.05, 0) is 43.7 Å². The summed E-state index contributed by atoms with van der Waals surface area (Å²) in [6.07, 6.45) is 1.48. The predicted octanol–water partition coefficient (Wildman–Crippen LogP) is 5.64. The molecule has 7 heteroatoms. The summed E-state index contributed by atoms with van der Waals surface area (Å²) in [6, 6.07) is 17.5. The number of hydrogen-bond acceptors (Lipinski definition) is 5. The lowest BCUT2D eigenvalue weighted by Gasteiger charge is -2.26. The molecule has 0 saturated carbocycles. The van der Waals surface area contributed by atoms with Crippen molar-refractivity contribution >= 4 is 23.2 Å². The lowest BCUT2D eigenvalue weighted by molar-refractivity contribution is 0.483. The molecule has 0 aliphatic carbocycles. The molecule has 0 aliphatic heterocycles. The summed E-state index contributed by atoms with van der Waals surface area (Å²) in [5.41, 5.74) is 2.75. The lowest BCUT2D eigenvalue weighted by atomic mass is 10.1. The summed E-state index contributed by atoms with van der Waals surface area (Å²) < 4.78 is 7.63. The fourth-order valence-corrected chi connectivity index (χ4v) is 3.59. The van der Waals surface area contributed by atoms with Crippen molar-refractivity contribution in [3.8, 4) is 22.6 Å². The third-order valence-electron chi connectivity index (χ3n) is 4.62. The van der Waals surface area contributed by atoms with Crippen molar-refractivity contribution in [1.82, 2.24) is 19.6 Å². The van der Waals surface area contributed by atoms with Gasteiger partial charge in [-0.25, -0.2) is 0 Å². The topological polar surface area (TPSA) is 55.5 Å². The largest absolute Gasteiger partial charge is 0.457 e. The second-order valence-electron chi connectivity index (χ2n) is 6.98. The Hall–Kier alpha value is -3.38. The number of fused-ring (bicyclic) bond motifs is 1. The Balaban J connectivity index is 1.79. The minimum atomic E-state index is 0.377. The van der Waals surface area contributed by atoms with Crippen LogP contribution in [0.4, 0.5) is 5.82 Å². The van der Waals surface area contributed by atoms with E-state index in [2.05, 4.69) is 33.5 Å². The van der Waals surface area contributed by atoms with Gasteiger partial charge in [0.2, 0.25) is 0 Å². The molecule has 2 aromatic heterocycles. The molecule has 0 saturated heterocycles. The third kappa shape index (κ3) is 4.00. The van der Waals surface area contributed by atoms with E-state index in [0.717, 1.165) is 40.6 Å². The van der Waals surface area contributed by atoms with E-state index < -0.39 is 0 Å². The highest BCUT2D eigenvalue weighted by Gasteiger charge is 2.22. The Morgan fingerprint density at radius 1 is 1.10 bits per heavy atom. The summed E-state index contributed by atoms with van der Waals surface area (Å²) in [5, 5.41) is 4.76. The smallest absolute Gasteiger partial charge is 0.255 e. The first-order valence-electron chi connectivity index (χ1n) is 9.68. The molecule has 0 unspecified atom stereocenters. The van der Waals surface area contributed by atoms with Gasteiger partial charge in [0, 0.05) is 13.1 Å². The summed E-state index contributed by atoms with van der Waals surface area (Å²) in [4.78, 5) is 10.8. The highest BCUT2D eigenvalue weighted by Crippen LogP contribution is 2.37. The molecule has 0 amide bonds. The number of para-hydroxylation sites is 1. The van der Waals surface area contributed by atoms with Crippen LogP contribution < -0.4 is 9.64 Å². The first-order valence-corrected chi connectivity index (χ1v) is 10.1. The van der Waals surface area contributed by atoms with Crippen molar-refractivity contribution in [2.45, 2.75) is 13.8 Å². The summed E-state index contributed by atoms with van der Waals surface area (Å²) in [7, 11) is 0. The van der Waals surface area contributed by atoms with Gasteiger partial charge in [-0.3, -0.25) is 0 Å². The Morgan fingerprint density at radius 3 is 2.47 bits per heavy atom. The lowest BCUT2D eigenvalue weighted by Crippen LogP contribution is -2.28. The van der Waals surface area contributed by atoms with Crippen molar-refractivity contribution < 1.29 is 4.74 Å². The molecule has 4 aromatic rings. The maximum absolute atomic E-state index is 6.63. The van der Waals surface area contributed by atoms with Crippen molar-refractivity contribution in [2.75, 3.05) is 18.0 Å². The standard InChI is InChI=1S/C23H22ClN5O/c1-4-28(14-16(2)3)22-20(21(24)27-23-25-15-26-29(22)23)17-10-12-19(13-11-17)30-18-8-6-5-7-9-18/h5-13,15H,2,4,14H2,1,3H3. The number of rotatable bonds is 7. The number of benzene rings is 2. The van der Waals surface area contributed by atoms with Gasteiger partial charge < -0.3 is 9.64 Å². The molecule has 30 heavy (non-hydrogen) atoms. The Kier molecular flexibility index (Phi) is 5.68. The zero-order chi connectivity index (χ0) is 21.1. The molecule has 2 heterocycles. The van der Waals surface area contributed by atoms with E-state index >= 15 is 0 Å². The van der Waals surface area contributed by atoms with E-state index in [4.69, 9.17) is 16.3 Å². The van der Waals surface area contributed by atoms with Crippen LogP contribution in [0.15, 0.2) is 73.1 Å². The second-order valence-corrected chi connectivity index (χ2v) is 7.34. The number of likely N-dealkylation sites (N-methyl/N-ethyl adjacent to an activating group) is 1. The highest BCUT2D eigenvalue weighted by atomic mass is 35.5. The normalized spacial score (nSPS) is 10.9. The summed E-state index contributed by atoms with van der Waals surface area (Å²) >= 11 is 6.63. The van der Waals surface area contributed by atoms with Crippen LogP contribution in [-0.4, -0.2) is 32.7 Å². The van der Waals surface area contributed by atoms with Crippen LogP contribution >= 0.6 is 11.6 Å². The minimum absolute atomic E-state index is 0.377. The maximum Gasteiger partial charge on any atom is 0.255 e. The van der Waals surface area contributed by atoms with E-state index in [1.54, 1.807) is 4.52 Å². The number of ether oxygens (including phenoxy) is 1. The van der Waals surface area contributed by atoms with E-state index in [0.29, 0.717) is 17.5 Å². The molecule has 0 N–H and O–H groups in total. The van der Waals surface area contributed by atoms with Gasteiger partial charge in [-0.15, -0.1) is 0 Å². The molecule has 0 aliphatic rings. The third-order valence-corrected chi connectivity index (χ3v) is 4.90. The van der Waals surface area contributed by atoms with Crippen LogP contribution in [0.25, 0.3) is 16.9 Å². The average Bonchev–Trinajstić information content (AvgIpc) is 3.20. The fourth-order valence-electron chi connectivity index (χ4n) is 3.32. The van der Waals surface area contributed by atoms with Crippen LogP contribution in [0.2, 0.25) is 5.15 Å². The van der Waals surface area contributed by atoms with Gasteiger partial charge in [-0.2, -0.15) is 19.6 Å². The minimum Gasteiger partial charge on any atom is -0.457 e. The highest BCUT2D eigenvalue weighted by molar-refractivity contribution is 6.33. The van der Waals surface area contributed by atoms with Gasteiger partial charge in [0.1, 0.15) is 28.8 Å². The van der Waals surface area contributed by atoms with E-state index in [-0.39, 0.29) is 0 Å². The number of aromatic nitrogens is 4. The van der Waals surface area contributed by atoms with Gasteiger partial charge in [-0.1, -0.05) is 54.1 Å². The van der Waals surface area contributed by atoms with Gasteiger partial charge in [0.25, 0.3) is 5.78 Å². The van der Waals surface area contributed by atoms with Crippen LogP contribution in [0.5, 0.6) is 11.5 Å². The second kappa shape index (κ2) is 8.55. The molecule has 6 nitrogen and oxygen atoms in total. The fraction of sp³-hybridized carbons (Fsp3) is 0.174. The average molecular weight is 420 g/mol. The molecular weight excluding hydrogens is 398 g/mol. The molecule has 152 valence electrons. The molecular formula is C23H22ClN5O. The molecule has 2 aromatic carbocycles. The molecule has 4 rings (SSSR count). The zero-order valence-corrected chi connectivity index (χ0v) is 17.7. The first kappa shape index (κ1) is 19.9. The first-order chi connectivity index (χ1) is 14.6. The number of hydrogen-bond donors (Lipinski definition) is 0. The van der Waals surface area contributed by atoms with Crippen LogP contribution in [0.3, 0.4) is 0 Å². The molecule has 0 atom stereocenters. The van der Waals surface area contributed by atoms with Crippen molar-refractivity contribution in [3.63, 3.8) is 0 Å². The maximum atomic E-state index is 6.63. The SMILES string of the molecule is C=C(C)CN(CC)c1c(-c2ccc(Oc3ccccc3)cc2)c(Cl)nc2ncnn12. The van der Waals surface area contributed by atoms with Crippen LogP contribution in [-0.2, 0) is 0 Å². The van der Waals surface area contributed by atoms with E-state index in [1.807, 2.05) is 61.5 Å². The van der Waals surface area contributed by atoms with Gasteiger partial charge in [0.05, 0.1) is 5.56 Å².